The van der Waals surface area contributed by atoms with Crippen LogP contribution >= 0.6 is 0 Å². The molecule has 0 aromatic carbocycles. The van der Waals surface area contributed by atoms with E-state index in [-0.39, 0.29) is 0 Å². The first kappa shape index (κ1) is 15.8. The highest BCUT2D eigenvalue weighted by Crippen LogP contribution is 2.23. The van der Waals surface area contributed by atoms with Gasteiger partial charge in [0.05, 0.1) is 11.4 Å². The number of aromatic nitrogens is 4. The summed E-state index contributed by atoms with van der Waals surface area (Å²) in [5.74, 6) is 1.07. The molecule has 0 unspecified atom stereocenters. The van der Waals surface area contributed by atoms with Crippen LogP contribution in [0.4, 0.5) is 0 Å². The first-order chi connectivity index (χ1) is 9.86. The van der Waals surface area contributed by atoms with E-state index >= 15 is 0 Å². The first-order valence-corrected chi connectivity index (χ1v) is 7.68. The van der Waals surface area contributed by atoms with Crippen molar-refractivity contribution in [3.8, 4) is 5.82 Å². The number of hydrogen-bond acceptors (Lipinski definition) is 3. The van der Waals surface area contributed by atoms with E-state index in [1.54, 1.807) is 0 Å². The van der Waals surface area contributed by atoms with Crippen molar-refractivity contribution < 1.29 is 0 Å². The molecule has 0 spiro atoms. The van der Waals surface area contributed by atoms with Gasteiger partial charge in [0.15, 0.2) is 5.82 Å². The number of nitrogens with zero attached hydrogens (tertiary/aromatic N) is 4. The van der Waals surface area contributed by atoms with Crippen molar-refractivity contribution in [2.45, 2.75) is 60.5 Å². The van der Waals surface area contributed by atoms with Gasteiger partial charge in [0.25, 0.3) is 0 Å². The molecule has 0 radical (unpaired) electrons. The van der Waals surface area contributed by atoms with Gasteiger partial charge >= 0.3 is 0 Å². The van der Waals surface area contributed by atoms with Gasteiger partial charge in [0, 0.05) is 30.9 Å². The maximum Gasteiger partial charge on any atom is 0.156 e. The van der Waals surface area contributed by atoms with Crippen molar-refractivity contribution in [1.29, 1.82) is 0 Å². The topological polar surface area (TPSA) is 47.7 Å². The molecule has 0 bridgehead atoms. The molecule has 2 aromatic heterocycles. The highest BCUT2D eigenvalue weighted by molar-refractivity contribution is 5.41. The highest BCUT2D eigenvalue weighted by atomic mass is 15.4. The van der Waals surface area contributed by atoms with E-state index in [0.29, 0.717) is 6.04 Å². The lowest BCUT2D eigenvalue weighted by atomic mass is 10.1. The van der Waals surface area contributed by atoms with Crippen LogP contribution in [0, 0.1) is 20.8 Å². The number of nitrogens with one attached hydrogen (secondary N) is 1. The molecule has 0 aliphatic heterocycles. The molecule has 0 saturated heterocycles. The zero-order chi connectivity index (χ0) is 15.7. The SMILES string of the molecule is CCc1c(C)nn(-c2c(CNC(C)C)c(C)nn2C)c1C. The lowest BCUT2D eigenvalue weighted by molar-refractivity contribution is 0.583. The Labute approximate surface area is 127 Å². The van der Waals surface area contributed by atoms with Crippen molar-refractivity contribution in [1.82, 2.24) is 24.9 Å². The fraction of sp³-hybridized carbons (Fsp3) is 0.625. The van der Waals surface area contributed by atoms with E-state index in [1.165, 1.54) is 16.8 Å². The molecule has 5 heteroatoms. The van der Waals surface area contributed by atoms with E-state index < -0.39 is 0 Å². The first-order valence-electron chi connectivity index (χ1n) is 7.68. The zero-order valence-corrected chi connectivity index (χ0v) is 14.3. The standard InChI is InChI=1S/C16H27N5/c1-8-14-11(4)19-21(13(14)6)16-15(9-17-10(2)3)12(5)18-20(16)7/h10,17H,8-9H2,1-7H3. The largest absolute Gasteiger partial charge is 0.310 e. The second-order valence-electron chi connectivity index (χ2n) is 5.96. The summed E-state index contributed by atoms with van der Waals surface area (Å²) < 4.78 is 3.98. The number of rotatable bonds is 5. The Morgan fingerprint density at radius 3 is 2.19 bits per heavy atom. The summed E-state index contributed by atoms with van der Waals surface area (Å²) in [6.45, 7) is 13.6. The molecule has 21 heavy (non-hydrogen) atoms. The zero-order valence-electron chi connectivity index (χ0n) is 14.3. The molecular weight excluding hydrogens is 262 g/mol. The minimum Gasteiger partial charge on any atom is -0.310 e. The van der Waals surface area contributed by atoms with Crippen LogP contribution in [0.3, 0.4) is 0 Å². The van der Waals surface area contributed by atoms with Crippen molar-refractivity contribution in [2.24, 2.45) is 7.05 Å². The summed E-state index contributed by atoms with van der Waals surface area (Å²) in [5.41, 5.74) is 5.93. The Kier molecular flexibility index (Phi) is 4.52. The van der Waals surface area contributed by atoms with Crippen LogP contribution in [0.2, 0.25) is 0 Å². The predicted octanol–water partition coefficient (Wildman–Crippen LogP) is 2.59. The van der Waals surface area contributed by atoms with Gasteiger partial charge in [-0.1, -0.05) is 20.8 Å². The lowest BCUT2D eigenvalue weighted by Gasteiger charge is -2.12. The van der Waals surface area contributed by atoms with Crippen molar-refractivity contribution in [3.63, 3.8) is 0 Å². The molecule has 116 valence electrons. The Bertz CT molecular complexity index is 634. The molecule has 0 atom stereocenters. The van der Waals surface area contributed by atoms with Crippen LogP contribution in [0.5, 0.6) is 0 Å². The second-order valence-corrected chi connectivity index (χ2v) is 5.96. The third-order valence-electron chi connectivity index (χ3n) is 4.00. The minimum absolute atomic E-state index is 0.448. The molecular formula is C16H27N5. The Morgan fingerprint density at radius 1 is 1.05 bits per heavy atom. The van der Waals surface area contributed by atoms with E-state index in [4.69, 9.17) is 5.10 Å². The Balaban J connectivity index is 2.53. The number of hydrogen-bond donors (Lipinski definition) is 1. The van der Waals surface area contributed by atoms with Gasteiger partial charge in [-0.05, 0) is 32.8 Å². The Hall–Kier alpha value is -1.62. The molecule has 0 aliphatic rings. The monoisotopic (exact) mass is 289 g/mol. The summed E-state index contributed by atoms with van der Waals surface area (Å²) in [7, 11) is 1.99. The molecule has 0 amide bonds. The maximum absolute atomic E-state index is 4.74. The fourth-order valence-electron chi connectivity index (χ4n) is 2.86. The van der Waals surface area contributed by atoms with Crippen LogP contribution in [0.25, 0.3) is 5.82 Å². The molecule has 5 nitrogen and oxygen atoms in total. The van der Waals surface area contributed by atoms with Gasteiger partial charge in [-0.15, -0.1) is 0 Å². The summed E-state index contributed by atoms with van der Waals surface area (Å²) in [6.07, 6.45) is 1.01. The summed E-state index contributed by atoms with van der Waals surface area (Å²) >= 11 is 0. The van der Waals surface area contributed by atoms with Crippen molar-refractivity contribution >= 4 is 0 Å². The smallest absolute Gasteiger partial charge is 0.156 e. The molecule has 0 aliphatic carbocycles. The number of aryl methyl sites for hydroxylation is 3. The van der Waals surface area contributed by atoms with E-state index in [9.17, 15) is 0 Å². The van der Waals surface area contributed by atoms with Gasteiger partial charge in [-0.25, -0.2) is 4.68 Å². The van der Waals surface area contributed by atoms with Gasteiger partial charge < -0.3 is 5.32 Å². The van der Waals surface area contributed by atoms with Crippen LogP contribution in [-0.2, 0) is 20.0 Å². The fourth-order valence-corrected chi connectivity index (χ4v) is 2.86. The van der Waals surface area contributed by atoms with Gasteiger partial charge in [-0.3, -0.25) is 4.68 Å². The summed E-state index contributed by atoms with van der Waals surface area (Å²) in [4.78, 5) is 0. The van der Waals surface area contributed by atoms with Gasteiger partial charge in [0.2, 0.25) is 0 Å². The van der Waals surface area contributed by atoms with Gasteiger partial charge in [0.1, 0.15) is 0 Å². The second kappa shape index (κ2) is 6.02. The molecule has 0 saturated carbocycles. The van der Waals surface area contributed by atoms with Crippen LogP contribution in [-0.4, -0.2) is 25.6 Å². The third kappa shape index (κ3) is 2.88. The van der Waals surface area contributed by atoms with Gasteiger partial charge in [-0.2, -0.15) is 10.2 Å². The average Bonchev–Trinajstić information content (AvgIpc) is 2.83. The predicted molar refractivity (Wildman–Crippen MR) is 85.9 cm³/mol. The van der Waals surface area contributed by atoms with E-state index in [0.717, 1.165) is 30.2 Å². The molecule has 1 N–H and O–H groups in total. The van der Waals surface area contributed by atoms with Crippen molar-refractivity contribution in [2.75, 3.05) is 0 Å². The van der Waals surface area contributed by atoms with Crippen LogP contribution in [0.1, 0.15) is 49.0 Å². The lowest BCUT2D eigenvalue weighted by Crippen LogP contribution is -2.23. The molecule has 2 rings (SSSR count). The molecule has 2 heterocycles. The molecule has 2 aromatic rings. The van der Waals surface area contributed by atoms with Crippen LogP contribution in [0.15, 0.2) is 0 Å². The normalized spacial score (nSPS) is 11.6. The summed E-state index contributed by atoms with van der Waals surface area (Å²) in [5, 5.41) is 12.8. The maximum atomic E-state index is 4.74. The Morgan fingerprint density at radius 2 is 1.67 bits per heavy atom. The third-order valence-corrected chi connectivity index (χ3v) is 4.00. The highest BCUT2D eigenvalue weighted by Gasteiger charge is 2.19. The van der Waals surface area contributed by atoms with Crippen molar-refractivity contribution in [3.05, 3.63) is 28.2 Å². The van der Waals surface area contributed by atoms with E-state index in [2.05, 4.69) is 52.0 Å². The van der Waals surface area contributed by atoms with Crippen LogP contribution < -0.4 is 5.32 Å². The van der Waals surface area contributed by atoms with E-state index in [1.807, 2.05) is 16.4 Å². The quantitative estimate of drug-likeness (QED) is 0.920. The average molecular weight is 289 g/mol. The summed E-state index contributed by atoms with van der Waals surface area (Å²) in [6, 6.07) is 0.448. The molecule has 0 fully saturated rings. The minimum atomic E-state index is 0.448.